The molecule has 4 rings (SSSR count). The third-order valence-electron chi connectivity index (χ3n) is 5.12. The molecule has 0 radical (unpaired) electrons. The van der Waals surface area contributed by atoms with E-state index in [1.165, 1.54) is 38.5 Å². The maximum atomic E-state index is 4.73. The molecule has 3 aromatic heterocycles. The molecule has 0 bridgehead atoms. The number of aromatic amines is 1. The summed E-state index contributed by atoms with van der Waals surface area (Å²) >= 11 is 0. The lowest BCUT2D eigenvalue weighted by Gasteiger charge is -2.26. The Hall–Kier alpha value is -2.43. The number of nitrogens with one attached hydrogen (secondary N) is 2. The zero-order chi connectivity index (χ0) is 17.1. The first kappa shape index (κ1) is 16.1. The van der Waals surface area contributed by atoms with Crippen LogP contribution in [0.1, 0.15) is 45.4 Å². The number of hydrogen-bond acceptors (Lipinski definition) is 4. The topological polar surface area (TPSA) is 66.5 Å². The summed E-state index contributed by atoms with van der Waals surface area (Å²) in [5.74, 6) is 1.69. The zero-order valence-corrected chi connectivity index (χ0v) is 14.7. The summed E-state index contributed by atoms with van der Waals surface area (Å²) in [6, 6.07) is 6.47. The van der Waals surface area contributed by atoms with Crippen molar-refractivity contribution in [3.63, 3.8) is 0 Å². The minimum atomic E-state index is 0.480. The van der Waals surface area contributed by atoms with Gasteiger partial charge in [0.05, 0.1) is 11.9 Å². The average molecular weight is 335 g/mol. The lowest BCUT2D eigenvalue weighted by atomic mass is 9.89. The van der Waals surface area contributed by atoms with Crippen LogP contribution in [0.5, 0.6) is 0 Å². The van der Waals surface area contributed by atoms with E-state index in [1.807, 2.05) is 30.7 Å². The van der Waals surface area contributed by atoms with E-state index in [0.29, 0.717) is 6.04 Å². The highest BCUT2D eigenvalue weighted by Gasteiger charge is 2.18. The molecule has 1 saturated carbocycles. The van der Waals surface area contributed by atoms with Crippen molar-refractivity contribution in [2.24, 2.45) is 5.92 Å². The average Bonchev–Trinajstić information content (AvgIpc) is 3.07. The number of nitrogens with zero attached hydrogens (tertiary/aromatic N) is 3. The van der Waals surface area contributed by atoms with Crippen molar-refractivity contribution in [3.05, 3.63) is 36.8 Å². The first-order valence-corrected chi connectivity index (χ1v) is 9.31. The molecule has 0 aromatic carbocycles. The minimum Gasteiger partial charge on any atom is -0.367 e. The van der Waals surface area contributed by atoms with Crippen LogP contribution in [-0.4, -0.2) is 26.0 Å². The summed E-state index contributed by atoms with van der Waals surface area (Å²) in [6.07, 6.45) is 13.3. The van der Waals surface area contributed by atoms with Crippen molar-refractivity contribution in [1.82, 2.24) is 19.9 Å². The molecule has 0 spiro atoms. The normalized spacial score (nSPS) is 21.6. The van der Waals surface area contributed by atoms with Crippen LogP contribution in [0.3, 0.4) is 0 Å². The van der Waals surface area contributed by atoms with Crippen LogP contribution in [0, 0.1) is 5.92 Å². The van der Waals surface area contributed by atoms with E-state index in [9.17, 15) is 0 Å². The molecule has 5 nitrogen and oxygen atoms in total. The van der Waals surface area contributed by atoms with Crippen LogP contribution < -0.4 is 5.32 Å². The van der Waals surface area contributed by atoms with E-state index in [0.717, 1.165) is 34.2 Å². The smallest absolute Gasteiger partial charge is 0.156 e. The Morgan fingerprint density at radius 1 is 1.12 bits per heavy atom. The number of rotatable bonds is 3. The van der Waals surface area contributed by atoms with Gasteiger partial charge < -0.3 is 10.3 Å². The molecule has 2 N–H and O–H groups in total. The molecule has 25 heavy (non-hydrogen) atoms. The van der Waals surface area contributed by atoms with Crippen LogP contribution in [-0.2, 0) is 0 Å². The van der Waals surface area contributed by atoms with Crippen LogP contribution >= 0.6 is 0 Å². The molecule has 0 amide bonds. The summed E-state index contributed by atoms with van der Waals surface area (Å²) in [4.78, 5) is 16.9. The number of fused-ring (bicyclic) bond motifs is 1. The molecule has 3 heterocycles. The van der Waals surface area contributed by atoms with E-state index < -0.39 is 0 Å². The fourth-order valence-electron chi connectivity index (χ4n) is 3.79. The molecule has 1 fully saturated rings. The Labute approximate surface area is 148 Å². The first-order chi connectivity index (χ1) is 12.3. The molecule has 1 aliphatic carbocycles. The van der Waals surface area contributed by atoms with Crippen molar-refractivity contribution in [3.8, 4) is 11.3 Å². The summed E-state index contributed by atoms with van der Waals surface area (Å²) in [5.41, 5.74) is 3.58. The van der Waals surface area contributed by atoms with Crippen LogP contribution in [0.2, 0.25) is 0 Å². The Morgan fingerprint density at radius 3 is 3.00 bits per heavy atom. The Morgan fingerprint density at radius 2 is 2.04 bits per heavy atom. The number of H-pyrrole nitrogens is 1. The van der Waals surface area contributed by atoms with Gasteiger partial charge in [-0.3, -0.25) is 0 Å². The second-order valence-electron chi connectivity index (χ2n) is 7.19. The lowest BCUT2D eigenvalue weighted by molar-refractivity contribution is 0.381. The van der Waals surface area contributed by atoms with E-state index in [-0.39, 0.29) is 0 Å². The standard InChI is InChI=1S/C20H25N5/c1-14-6-3-2-4-7-15(12-14)24-19-16(8-5-10-21-19)18-13-23-20-17(25-18)9-11-22-20/h5,8-11,13-15H,2-4,6-7,12H2,1H3,(H,21,24)(H,22,23)/t14-,15-/m1/s1. The molecular formula is C20H25N5. The molecular weight excluding hydrogens is 310 g/mol. The predicted molar refractivity (Wildman–Crippen MR) is 101 cm³/mol. The van der Waals surface area contributed by atoms with Crippen molar-refractivity contribution in [1.29, 1.82) is 0 Å². The summed E-state index contributed by atoms with van der Waals surface area (Å²) in [6.45, 7) is 2.37. The highest BCUT2D eigenvalue weighted by atomic mass is 15.0. The monoisotopic (exact) mass is 335 g/mol. The molecule has 0 aliphatic heterocycles. The van der Waals surface area contributed by atoms with Gasteiger partial charge in [-0.1, -0.05) is 32.6 Å². The SMILES string of the molecule is C[C@@H]1CCCCC[C@@H](Nc2ncccc2-c2cnc3[nH]ccc3n2)C1. The Balaban J connectivity index is 1.61. The minimum absolute atomic E-state index is 0.480. The van der Waals surface area contributed by atoms with Crippen LogP contribution in [0.4, 0.5) is 5.82 Å². The first-order valence-electron chi connectivity index (χ1n) is 9.31. The molecule has 2 atom stereocenters. The second-order valence-corrected chi connectivity index (χ2v) is 7.19. The Bertz CT molecular complexity index is 841. The fraction of sp³-hybridized carbons (Fsp3) is 0.450. The van der Waals surface area contributed by atoms with E-state index in [4.69, 9.17) is 4.98 Å². The quantitative estimate of drug-likeness (QED) is 0.722. The molecule has 0 saturated heterocycles. The number of pyridine rings is 1. The van der Waals surface area contributed by atoms with Crippen molar-refractivity contribution < 1.29 is 0 Å². The number of aromatic nitrogens is 4. The van der Waals surface area contributed by atoms with Gasteiger partial charge in [0.25, 0.3) is 0 Å². The number of anilines is 1. The van der Waals surface area contributed by atoms with Gasteiger partial charge in [0.2, 0.25) is 0 Å². The zero-order valence-electron chi connectivity index (χ0n) is 14.7. The van der Waals surface area contributed by atoms with Gasteiger partial charge in [-0.15, -0.1) is 0 Å². The Kier molecular flexibility index (Phi) is 4.63. The summed E-state index contributed by atoms with van der Waals surface area (Å²) in [7, 11) is 0. The molecule has 3 aromatic rings. The van der Waals surface area contributed by atoms with Crippen molar-refractivity contribution in [2.45, 2.75) is 51.5 Å². The molecule has 5 heteroatoms. The highest BCUT2D eigenvalue weighted by Crippen LogP contribution is 2.29. The third-order valence-corrected chi connectivity index (χ3v) is 5.12. The maximum Gasteiger partial charge on any atom is 0.156 e. The molecule has 0 unspecified atom stereocenters. The van der Waals surface area contributed by atoms with E-state index in [2.05, 4.69) is 33.3 Å². The third kappa shape index (κ3) is 3.65. The maximum absolute atomic E-state index is 4.73. The van der Waals surface area contributed by atoms with Gasteiger partial charge in [0.1, 0.15) is 11.3 Å². The van der Waals surface area contributed by atoms with Gasteiger partial charge in [0, 0.05) is 24.0 Å². The predicted octanol–water partition coefficient (Wildman–Crippen LogP) is 4.79. The highest BCUT2D eigenvalue weighted by molar-refractivity contribution is 5.78. The fourth-order valence-corrected chi connectivity index (χ4v) is 3.79. The number of hydrogen-bond donors (Lipinski definition) is 2. The van der Waals surface area contributed by atoms with Crippen molar-refractivity contribution in [2.75, 3.05) is 5.32 Å². The van der Waals surface area contributed by atoms with Crippen molar-refractivity contribution >= 4 is 17.0 Å². The lowest BCUT2D eigenvalue weighted by Crippen LogP contribution is -2.24. The summed E-state index contributed by atoms with van der Waals surface area (Å²) in [5, 5.41) is 3.70. The summed E-state index contributed by atoms with van der Waals surface area (Å²) < 4.78 is 0. The van der Waals surface area contributed by atoms with E-state index >= 15 is 0 Å². The molecule has 1 aliphatic rings. The van der Waals surface area contributed by atoms with Crippen LogP contribution in [0.15, 0.2) is 36.8 Å². The second kappa shape index (κ2) is 7.21. The van der Waals surface area contributed by atoms with E-state index in [1.54, 1.807) is 0 Å². The molecule has 130 valence electrons. The van der Waals surface area contributed by atoms with Crippen LogP contribution in [0.25, 0.3) is 22.4 Å². The van der Waals surface area contributed by atoms with Gasteiger partial charge in [-0.25, -0.2) is 15.0 Å². The van der Waals surface area contributed by atoms with Gasteiger partial charge >= 0.3 is 0 Å². The largest absolute Gasteiger partial charge is 0.367 e. The van der Waals surface area contributed by atoms with Gasteiger partial charge in [-0.2, -0.15) is 0 Å². The van der Waals surface area contributed by atoms with Gasteiger partial charge in [-0.05, 0) is 37.0 Å². The van der Waals surface area contributed by atoms with Gasteiger partial charge in [0.15, 0.2) is 5.65 Å².